The lowest BCUT2D eigenvalue weighted by molar-refractivity contribution is 0.525. The maximum absolute atomic E-state index is 12.2. The zero-order valence-corrected chi connectivity index (χ0v) is 12.1. The average Bonchev–Trinajstić information content (AvgIpc) is 2.50. The van der Waals surface area contributed by atoms with Crippen LogP contribution in [0.15, 0.2) is 52.2 Å². The van der Waals surface area contributed by atoms with Crippen molar-refractivity contribution in [2.75, 3.05) is 6.54 Å². The molecule has 0 aliphatic heterocycles. The molecule has 1 aromatic carbocycles. The molecule has 0 radical (unpaired) electrons. The van der Waals surface area contributed by atoms with Crippen molar-refractivity contribution in [3.8, 4) is 0 Å². The lowest BCUT2D eigenvalue weighted by Crippen LogP contribution is -2.39. The van der Waals surface area contributed by atoms with Gasteiger partial charge in [-0.2, -0.15) is 0 Å². The van der Waals surface area contributed by atoms with Crippen molar-refractivity contribution in [1.29, 1.82) is 0 Å². The Kier molecular flexibility index (Phi) is 5.51. The first-order valence-electron chi connectivity index (χ1n) is 7.26. The molecule has 0 spiro atoms. The summed E-state index contributed by atoms with van der Waals surface area (Å²) in [7, 11) is 0. The Morgan fingerprint density at radius 2 is 1.71 bits per heavy atom. The third-order valence-corrected chi connectivity index (χ3v) is 3.43. The van der Waals surface area contributed by atoms with Crippen molar-refractivity contribution in [3.63, 3.8) is 0 Å². The van der Waals surface area contributed by atoms with Crippen LogP contribution in [0.1, 0.15) is 18.4 Å². The van der Waals surface area contributed by atoms with Gasteiger partial charge in [-0.05, 0) is 31.4 Å². The van der Waals surface area contributed by atoms with Crippen LogP contribution in [0.2, 0.25) is 0 Å². The molecule has 0 saturated heterocycles. The van der Waals surface area contributed by atoms with E-state index in [0.717, 1.165) is 12.8 Å². The first kappa shape index (κ1) is 15.3. The van der Waals surface area contributed by atoms with Gasteiger partial charge in [0, 0.05) is 25.4 Å². The topological polar surface area (TPSA) is 70.0 Å². The number of aryl methyl sites for hydroxylation is 2. The highest BCUT2D eigenvalue weighted by Gasteiger charge is 2.04. The van der Waals surface area contributed by atoms with Crippen molar-refractivity contribution < 1.29 is 0 Å². The fourth-order valence-corrected chi connectivity index (χ4v) is 2.28. The van der Waals surface area contributed by atoms with Gasteiger partial charge in [-0.1, -0.05) is 30.3 Å². The molecule has 1 heterocycles. The van der Waals surface area contributed by atoms with Gasteiger partial charge in [-0.3, -0.25) is 9.36 Å². The summed E-state index contributed by atoms with van der Waals surface area (Å²) in [5, 5.41) is 0. The van der Waals surface area contributed by atoms with E-state index in [1.165, 1.54) is 16.2 Å². The summed E-state index contributed by atoms with van der Waals surface area (Å²) in [6.07, 6.45) is 3.98. The predicted octanol–water partition coefficient (Wildman–Crippen LogP) is 0.992. The molecular weight excluding hydrogens is 266 g/mol. The SMILES string of the molecule is NCCCn1c(=O)ccn(CCCc2ccccc2)c1=O. The van der Waals surface area contributed by atoms with Gasteiger partial charge in [0.2, 0.25) is 0 Å². The van der Waals surface area contributed by atoms with E-state index in [0.29, 0.717) is 26.1 Å². The predicted molar refractivity (Wildman–Crippen MR) is 83.4 cm³/mol. The Morgan fingerprint density at radius 3 is 2.43 bits per heavy atom. The van der Waals surface area contributed by atoms with Gasteiger partial charge in [0.05, 0.1) is 0 Å². The summed E-state index contributed by atoms with van der Waals surface area (Å²) >= 11 is 0. The second-order valence-electron chi connectivity index (χ2n) is 5.01. The van der Waals surface area contributed by atoms with E-state index < -0.39 is 0 Å². The van der Waals surface area contributed by atoms with E-state index in [1.54, 1.807) is 10.8 Å². The largest absolute Gasteiger partial charge is 0.330 e. The molecule has 5 nitrogen and oxygen atoms in total. The quantitative estimate of drug-likeness (QED) is 0.825. The van der Waals surface area contributed by atoms with Crippen LogP contribution in [-0.2, 0) is 19.5 Å². The molecule has 0 aliphatic carbocycles. The zero-order valence-electron chi connectivity index (χ0n) is 12.1. The smallest absolute Gasteiger partial charge is 0.330 e. The molecule has 21 heavy (non-hydrogen) atoms. The number of hydrogen-bond acceptors (Lipinski definition) is 3. The maximum Gasteiger partial charge on any atom is 0.330 e. The molecule has 0 unspecified atom stereocenters. The maximum atomic E-state index is 12.2. The molecule has 112 valence electrons. The number of nitrogens with zero attached hydrogens (tertiary/aromatic N) is 2. The highest BCUT2D eigenvalue weighted by atomic mass is 16.2. The lowest BCUT2D eigenvalue weighted by Gasteiger charge is -2.09. The Bertz CT molecular complexity index is 674. The minimum atomic E-state index is -0.257. The van der Waals surface area contributed by atoms with Gasteiger partial charge in [0.15, 0.2) is 0 Å². The average molecular weight is 287 g/mol. The summed E-state index contributed by atoms with van der Waals surface area (Å²) < 4.78 is 2.86. The fraction of sp³-hybridized carbons (Fsp3) is 0.375. The third-order valence-electron chi connectivity index (χ3n) is 3.43. The Balaban J connectivity index is 2.03. The first-order chi connectivity index (χ1) is 10.2. The highest BCUT2D eigenvalue weighted by Crippen LogP contribution is 2.02. The molecule has 0 bridgehead atoms. The number of benzene rings is 1. The van der Waals surface area contributed by atoms with Gasteiger partial charge < -0.3 is 10.3 Å². The van der Waals surface area contributed by atoms with Gasteiger partial charge in [-0.15, -0.1) is 0 Å². The summed E-state index contributed by atoms with van der Waals surface area (Å²) in [4.78, 5) is 23.9. The summed E-state index contributed by atoms with van der Waals surface area (Å²) in [5.41, 5.74) is 6.18. The van der Waals surface area contributed by atoms with E-state index in [9.17, 15) is 9.59 Å². The van der Waals surface area contributed by atoms with Gasteiger partial charge in [-0.25, -0.2) is 4.79 Å². The van der Waals surface area contributed by atoms with Crippen LogP contribution in [0, 0.1) is 0 Å². The molecule has 2 N–H and O–H groups in total. The minimum absolute atomic E-state index is 0.246. The van der Waals surface area contributed by atoms with Gasteiger partial charge in [0.25, 0.3) is 5.56 Å². The molecule has 2 aromatic rings. The molecule has 0 aliphatic rings. The van der Waals surface area contributed by atoms with Gasteiger partial charge in [0.1, 0.15) is 0 Å². The van der Waals surface area contributed by atoms with Crippen LogP contribution in [0.5, 0.6) is 0 Å². The Labute approximate surface area is 123 Å². The summed E-state index contributed by atoms with van der Waals surface area (Å²) in [6.45, 7) is 1.46. The molecular formula is C16H21N3O2. The molecule has 0 amide bonds. The number of aromatic nitrogens is 2. The van der Waals surface area contributed by atoms with Crippen LogP contribution in [0.4, 0.5) is 0 Å². The fourth-order valence-electron chi connectivity index (χ4n) is 2.28. The van der Waals surface area contributed by atoms with E-state index in [1.807, 2.05) is 18.2 Å². The van der Waals surface area contributed by atoms with Crippen LogP contribution >= 0.6 is 0 Å². The van der Waals surface area contributed by atoms with E-state index in [-0.39, 0.29) is 11.2 Å². The normalized spacial score (nSPS) is 10.7. The molecule has 5 heteroatoms. The monoisotopic (exact) mass is 287 g/mol. The standard InChI is InChI=1S/C16H21N3O2/c17-10-5-12-19-15(20)9-13-18(16(19)21)11-4-8-14-6-2-1-3-7-14/h1-3,6-7,9,13H,4-5,8,10-12,17H2. The van der Waals surface area contributed by atoms with E-state index in [2.05, 4.69) is 12.1 Å². The molecule has 2 rings (SSSR count). The first-order valence-corrected chi connectivity index (χ1v) is 7.26. The second-order valence-corrected chi connectivity index (χ2v) is 5.01. The van der Waals surface area contributed by atoms with Crippen molar-refractivity contribution >= 4 is 0 Å². The van der Waals surface area contributed by atoms with Crippen molar-refractivity contribution in [3.05, 3.63) is 69.0 Å². The van der Waals surface area contributed by atoms with E-state index in [4.69, 9.17) is 5.73 Å². The van der Waals surface area contributed by atoms with Crippen LogP contribution in [0.25, 0.3) is 0 Å². The molecule has 0 atom stereocenters. The Morgan fingerprint density at radius 1 is 0.952 bits per heavy atom. The highest BCUT2D eigenvalue weighted by molar-refractivity contribution is 5.14. The Hall–Kier alpha value is -2.14. The minimum Gasteiger partial charge on any atom is -0.330 e. The van der Waals surface area contributed by atoms with Crippen LogP contribution < -0.4 is 17.0 Å². The molecule has 1 aromatic heterocycles. The second kappa shape index (κ2) is 7.59. The summed E-state index contributed by atoms with van der Waals surface area (Å²) in [5.74, 6) is 0. The molecule has 0 fully saturated rings. The summed E-state index contributed by atoms with van der Waals surface area (Å²) in [6, 6.07) is 11.6. The van der Waals surface area contributed by atoms with Crippen molar-refractivity contribution in [2.45, 2.75) is 32.4 Å². The lowest BCUT2D eigenvalue weighted by atomic mass is 10.1. The number of rotatable bonds is 7. The third kappa shape index (κ3) is 4.16. The molecule has 0 saturated carbocycles. The number of nitrogens with two attached hydrogens (primary N) is 1. The number of hydrogen-bond donors (Lipinski definition) is 1. The zero-order chi connectivity index (χ0) is 15.1. The van der Waals surface area contributed by atoms with Gasteiger partial charge >= 0.3 is 5.69 Å². The van der Waals surface area contributed by atoms with Crippen molar-refractivity contribution in [1.82, 2.24) is 9.13 Å². The van der Waals surface area contributed by atoms with Crippen LogP contribution in [0.3, 0.4) is 0 Å². The van der Waals surface area contributed by atoms with Crippen LogP contribution in [-0.4, -0.2) is 15.7 Å². The van der Waals surface area contributed by atoms with Crippen molar-refractivity contribution in [2.24, 2.45) is 5.73 Å². The van der Waals surface area contributed by atoms with E-state index >= 15 is 0 Å².